The Kier molecular flexibility index (Phi) is 4.14. The SMILES string of the molecule is CC(C(=O)c1ccc(F)cc1)N1CCN(C)C(=O)C1(C)C. The monoisotopic (exact) mass is 292 g/mol. The molecule has 1 fully saturated rings. The number of hydrogen-bond donors (Lipinski definition) is 0. The van der Waals surface area contributed by atoms with Crippen LogP contribution in [0.1, 0.15) is 31.1 Å². The van der Waals surface area contributed by atoms with Crippen molar-refractivity contribution in [3.05, 3.63) is 35.6 Å². The van der Waals surface area contributed by atoms with Crippen molar-refractivity contribution in [1.29, 1.82) is 0 Å². The molecule has 1 atom stereocenters. The number of carbonyl (C=O) groups is 2. The normalized spacial score (nSPS) is 20.4. The van der Waals surface area contributed by atoms with Crippen LogP contribution < -0.4 is 0 Å². The van der Waals surface area contributed by atoms with Crippen molar-refractivity contribution >= 4 is 11.7 Å². The van der Waals surface area contributed by atoms with E-state index < -0.39 is 11.6 Å². The Morgan fingerprint density at radius 3 is 2.38 bits per heavy atom. The summed E-state index contributed by atoms with van der Waals surface area (Å²) in [5.74, 6) is -0.456. The number of piperazine rings is 1. The van der Waals surface area contributed by atoms with Gasteiger partial charge in [-0.25, -0.2) is 4.39 Å². The summed E-state index contributed by atoms with van der Waals surface area (Å²) in [6.45, 7) is 6.71. The second-order valence-corrected chi connectivity index (χ2v) is 6.03. The maximum absolute atomic E-state index is 13.0. The molecule has 21 heavy (non-hydrogen) atoms. The Morgan fingerprint density at radius 1 is 1.24 bits per heavy atom. The molecule has 1 amide bonds. The van der Waals surface area contributed by atoms with Crippen LogP contribution in [0.15, 0.2) is 24.3 Å². The number of rotatable bonds is 3. The third kappa shape index (κ3) is 2.83. The minimum absolute atomic E-state index is 0.00695. The van der Waals surface area contributed by atoms with E-state index in [-0.39, 0.29) is 17.5 Å². The number of halogens is 1. The summed E-state index contributed by atoms with van der Waals surface area (Å²) in [7, 11) is 1.77. The van der Waals surface area contributed by atoms with Crippen LogP contribution in [0.3, 0.4) is 0 Å². The molecule has 114 valence electrons. The summed E-state index contributed by atoms with van der Waals surface area (Å²) >= 11 is 0. The maximum atomic E-state index is 13.0. The second kappa shape index (κ2) is 5.56. The lowest BCUT2D eigenvalue weighted by molar-refractivity contribution is -0.148. The minimum Gasteiger partial charge on any atom is -0.343 e. The molecule has 0 aromatic heterocycles. The standard InChI is InChI=1S/C16H21FN2O2/c1-11(14(20)12-5-7-13(17)8-6-12)19-10-9-18(4)15(21)16(19,2)3/h5-8,11H,9-10H2,1-4H3. The molecule has 0 radical (unpaired) electrons. The molecule has 0 bridgehead atoms. The van der Waals surface area contributed by atoms with Crippen molar-refractivity contribution < 1.29 is 14.0 Å². The first-order valence-corrected chi connectivity index (χ1v) is 7.07. The molecule has 0 saturated carbocycles. The predicted molar refractivity (Wildman–Crippen MR) is 78.6 cm³/mol. The van der Waals surface area contributed by atoms with Gasteiger partial charge in [0.2, 0.25) is 5.91 Å². The fourth-order valence-corrected chi connectivity index (χ4v) is 2.90. The van der Waals surface area contributed by atoms with Crippen molar-refractivity contribution in [2.24, 2.45) is 0 Å². The van der Waals surface area contributed by atoms with Crippen molar-refractivity contribution in [3.8, 4) is 0 Å². The lowest BCUT2D eigenvalue weighted by atomic mass is 9.93. The average molecular weight is 292 g/mol. The Balaban J connectivity index is 2.23. The second-order valence-electron chi connectivity index (χ2n) is 6.03. The van der Waals surface area contributed by atoms with Crippen LogP contribution in [0, 0.1) is 5.82 Å². The van der Waals surface area contributed by atoms with Crippen LogP contribution >= 0.6 is 0 Å². The lowest BCUT2D eigenvalue weighted by Crippen LogP contribution is -2.65. The van der Waals surface area contributed by atoms with Gasteiger partial charge < -0.3 is 4.90 Å². The van der Waals surface area contributed by atoms with E-state index in [4.69, 9.17) is 0 Å². The third-order valence-electron chi connectivity index (χ3n) is 4.24. The van der Waals surface area contributed by atoms with Gasteiger partial charge >= 0.3 is 0 Å². The van der Waals surface area contributed by atoms with Crippen LogP contribution in [-0.2, 0) is 4.79 Å². The van der Waals surface area contributed by atoms with E-state index in [0.717, 1.165) is 0 Å². The first kappa shape index (κ1) is 15.6. The van der Waals surface area contributed by atoms with Gasteiger partial charge in [0.1, 0.15) is 5.82 Å². The largest absolute Gasteiger partial charge is 0.343 e. The number of likely N-dealkylation sites (N-methyl/N-ethyl adjacent to an activating group) is 1. The first-order chi connectivity index (χ1) is 9.75. The number of benzene rings is 1. The van der Waals surface area contributed by atoms with Gasteiger partial charge in [0.25, 0.3) is 0 Å². The van der Waals surface area contributed by atoms with E-state index in [0.29, 0.717) is 18.7 Å². The van der Waals surface area contributed by atoms with Crippen molar-refractivity contribution in [3.63, 3.8) is 0 Å². The molecule has 1 saturated heterocycles. The van der Waals surface area contributed by atoms with E-state index in [9.17, 15) is 14.0 Å². The highest BCUT2D eigenvalue weighted by Crippen LogP contribution is 2.25. The number of amides is 1. The Labute approximate surface area is 124 Å². The van der Waals surface area contributed by atoms with Gasteiger partial charge in [-0.15, -0.1) is 0 Å². The maximum Gasteiger partial charge on any atom is 0.242 e. The summed E-state index contributed by atoms with van der Waals surface area (Å²) < 4.78 is 13.0. The highest BCUT2D eigenvalue weighted by molar-refractivity contribution is 6.00. The fourth-order valence-electron chi connectivity index (χ4n) is 2.90. The Morgan fingerprint density at radius 2 is 1.81 bits per heavy atom. The molecule has 5 heteroatoms. The smallest absolute Gasteiger partial charge is 0.242 e. The molecular weight excluding hydrogens is 271 g/mol. The van der Waals surface area contributed by atoms with E-state index in [1.165, 1.54) is 24.3 Å². The summed E-state index contributed by atoms with van der Waals surface area (Å²) in [6.07, 6.45) is 0. The van der Waals surface area contributed by atoms with Gasteiger partial charge in [-0.1, -0.05) is 0 Å². The van der Waals surface area contributed by atoms with Crippen LogP contribution in [0.5, 0.6) is 0 Å². The van der Waals surface area contributed by atoms with Crippen molar-refractivity contribution in [2.75, 3.05) is 20.1 Å². The topological polar surface area (TPSA) is 40.6 Å². The zero-order valence-electron chi connectivity index (χ0n) is 12.9. The molecule has 0 aliphatic carbocycles. The molecule has 0 spiro atoms. The summed E-state index contributed by atoms with van der Waals surface area (Å²) in [5.41, 5.74) is -0.256. The van der Waals surface area contributed by atoms with Crippen molar-refractivity contribution in [2.45, 2.75) is 32.4 Å². The van der Waals surface area contributed by atoms with Gasteiger partial charge in [-0.2, -0.15) is 0 Å². The van der Waals surface area contributed by atoms with Crippen LogP contribution in [0.25, 0.3) is 0 Å². The third-order valence-corrected chi connectivity index (χ3v) is 4.24. The van der Waals surface area contributed by atoms with Gasteiger partial charge in [-0.05, 0) is 45.0 Å². The van der Waals surface area contributed by atoms with E-state index in [1.54, 1.807) is 18.9 Å². The van der Waals surface area contributed by atoms with Gasteiger partial charge in [0.15, 0.2) is 5.78 Å². The van der Waals surface area contributed by atoms with Gasteiger partial charge in [0, 0.05) is 25.7 Å². The highest BCUT2D eigenvalue weighted by atomic mass is 19.1. The van der Waals surface area contributed by atoms with Crippen molar-refractivity contribution in [1.82, 2.24) is 9.80 Å². The van der Waals surface area contributed by atoms with Crippen LogP contribution in [0.4, 0.5) is 4.39 Å². The Hall–Kier alpha value is -1.75. The number of ketones is 1. The summed E-state index contributed by atoms with van der Waals surface area (Å²) in [4.78, 5) is 28.4. The van der Waals surface area contributed by atoms with E-state index >= 15 is 0 Å². The quantitative estimate of drug-likeness (QED) is 0.800. The molecule has 1 aliphatic rings. The zero-order chi connectivity index (χ0) is 15.8. The molecular formula is C16H21FN2O2. The number of Topliss-reactive ketones (excluding diaryl/α,β-unsaturated/α-hetero) is 1. The zero-order valence-corrected chi connectivity index (χ0v) is 12.9. The number of hydrogen-bond acceptors (Lipinski definition) is 3. The van der Waals surface area contributed by atoms with Crippen LogP contribution in [-0.4, -0.2) is 53.2 Å². The molecule has 1 unspecified atom stereocenters. The van der Waals surface area contributed by atoms with Gasteiger partial charge in [0.05, 0.1) is 11.6 Å². The average Bonchev–Trinajstić information content (AvgIpc) is 2.44. The molecule has 0 N–H and O–H groups in total. The molecule has 2 rings (SSSR count). The predicted octanol–water partition coefficient (Wildman–Crippen LogP) is 1.95. The van der Waals surface area contributed by atoms with Crippen LogP contribution in [0.2, 0.25) is 0 Å². The lowest BCUT2D eigenvalue weighted by Gasteiger charge is -2.47. The number of nitrogens with zero attached hydrogens (tertiary/aromatic N) is 2. The number of carbonyl (C=O) groups excluding carboxylic acids is 2. The molecule has 1 aliphatic heterocycles. The van der Waals surface area contributed by atoms with Gasteiger partial charge in [-0.3, -0.25) is 14.5 Å². The van der Waals surface area contributed by atoms with E-state index in [2.05, 4.69) is 0 Å². The first-order valence-electron chi connectivity index (χ1n) is 7.07. The highest BCUT2D eigenvalue weighted by Gasteiger charge is 2.44. The molecule has 1 aromatic rings. The minimum atomic E-state index is -0.720. The fraction of sp³-hybridized carbons (Fsp3) is 0.500. The molecule has 1 aromatic carbocycles. The van der Waals surface area contributed by atoms with E-state index in [1.807, 2.05) is 18.7 Å². The molecule has 4 nitrogen and oxygen atoms in total. The Bertz CT molecular complexity index is 554. The molecule has 1 heterocycles. The summed E-state index contributed by atoms with van der Waals surface area (Å²) in [5, 5.41) is 0. The summed E-state index contributed by atoms with van der Waals surface area (Å²) in [6, 6.07) is 5.10.